The topological polar surface area (TPSA) is 94.6 Å². The van der Waals surface area contributed by atoms with E-state index in [4.69, 9.17) is 14.6 Å². The zero-order chi connectivity index (χ0) is 32.1. The summed E-state index contributed by atoms with van der Waals surface area (Å²) < 4.78 is 31.6. The highest BCUT2D eigenvalue weighted by Crippen LogP contribution is 2.12. The highest BCUT2D eigenvalue weighted by atomic mass is 32.2. The fourth-order valence-electron chi connectivity index (χ4n) is 2.86. The molecule has 2 N–H and O–H groups in total. The monoisotopic (exact) mass is 599 g/mol. The van der Waals surface area contributed by atoms with Gasteiger partial charge in [0.25, 0.3) is 0 Å². The number of rotatable bonds is 11. The number of aliphatic hydroxyl groups is 1. The van der Waals surface area contributed by atoms with Gasteiger partial charge < -0.3 is 29.7 Å². The van der Waals surface area contributed by atoms with Gasteiger partial charge in [-0.15, -0.1) is 0 Å². The Bertz CT molecular complexity index is 650. The van der Waals surface area contributed by atoms with E-state index in [0.717, 1.165) is 38.9 Å². The van der Waals surface area contributed by atoms with Crippen molar-refractivity contribution in [3.8, 4) is 0 Å². The third-order valence-electron chi connectivity index (χ3n) is 6.45. The van der Waals surface area contributed by atoms with Crippen LogP contribution in [0.15, 0.2) is 0 Å². The average Bonchev–Trinajstić information content (AvgIpc) is 2.73. The second-order valence-corrected chi connectivity index (χ2v) is 14.7. The first-order valence-corrected chi connectivity index (χ1v) is 17.2. The number of likely N-dealkylation sites (N-methyl/N-ethyl adjacent to an activating group) is 1. The molecule has 246 valence electrons. The Kier molecular flexibility index (Phi) is 27.8. The first-order valence-electron chi connectivity index (χ1n) is 15.1. The van der Waals surface area contributed by atoms with Gasteiger partial charge in [-0.3, -0.25) is 4.90 Å². The van der Waals surface area contributed by atoms with E-state index in [0.29, 0.717) is 36.8 Å². The molecule has 40 heavy (non-hydrogen) atoms. The molecule has 2 rings (SSSR count). The molecule has 0 aromatic rings. The maximum atomic E-state index is 10.7. The summed E-state index contributed by atoms with van der Waals surface area (Å²) in [5, 5.41) is 11.3. The van der Waals surface area contributed by atoms with Crippen LogP contribution in [0.3, 0.4) is 0 Å². The highest BCUT2D eigenvalue weighted by molar-refractivity contribution is 7.90. The predicted molar refractivity (Wildman–Crippen MR) is 173 cm³/mol. The molecule has 0 saturated carbocycles. The van der Waals surface area contributed by atoms with Gasteiger partial charge in [-0.2, -0.15) is 0 Å². The largest absolute Gasteiger partial charge is 0.394 e. The number of sulfone groups is 1. The van der Waals surface area contributed by atoms with Gasteiger partial charge in [0.1, 0.15) is 9.84 Å². The zero-order valence-corrected chi connectivity index (χ0v) is 29.8. The van der Waals surface area contributed by atoms with E-state index in [-0.39, 0.29) is 11.9 Å². The van der Waals surface area contributed by atoms with Crippen LogP contribution in [0, 0.1) is 5.92 Å². The Labute approximate surface area is 250 Å². The number of hydrogen-bond acceptors (Lipinski definition) is 9. The summed E-state index contributed by atoms with van der Waals surface area (Å²) in [6.07, 6.45) is 1.10. The van der Waals surface area contributed by atoms with Crippen LogP contribution in [0.4, 0.5) is 0 Å². The Morgan fingerprint density at radius 2 is 1.23 bits per heavy atom. The van der Waals surface area contributed by atoms with Crippen molar-refractivity contribution in [2.75, 3.05) is 79.2 Å². The summed E-state index contributed by atoms with van der Waals surface area (Å²) >= 11 is 0. The molecule has 2 saturated heterocycles. The van der Waals surface area contributed by atoms with Crippen LogP contribution in [0.25, 0.3) is 0 Å². The van der Waals surface area contributed by atoms with Crippen LogP contribution < -0.4 is 5.32 Å². The lowest BCUT2D eigenvalue weighted by Gasteiger charge is -2.37. The quantitative estimate of drug-likeness (QED) is 0.371. The molecule has 10 heteroatoms. The lowest BCUT2D eigenvalue weighted by Crippen LogP contribution is -2.49. The summed E-state index contributed by atoms with van der Waals surface area (Å²) in [5.41, 5.74) is 0. The molecule has 2 heterocycles. The van der Waals surface area contributed by atoms with Gasteiger partial charge in [-0.05, 0) is 83.1 Å². The minimum absolute atomic E-state index is 0.167. The van der Waals surface area contributed by atoms with E-state index in [1.807, 2.05) is 25.8 Å². The van der Waals surface area contributed by atoms with Crippen LogP contribution in [-0.2, 0) is 19.3 Å². The summed E-state index contributed by atoms with van der Waals surface area (Å²) in [6, 6.07) is 3.07. The Morgan fingerprint density at radius 1 is 0.800 bits per heavy atom. The molecule has 2 fully saturated rings. The maximum Gasteiger partial charge on any atom is 0.148 e. The van der Waals surface area contributed by atoms with Gasteiger partial charge in [-0.1, -0.05) is 20.8 Å². The summed E-state index contributed by atoms with van der Waals surface area (Å²) in [4.78, 5) is 6.73. The smallest absolute Gasteiger partial charge is 0.148 e. The normalized spacial score (nSPS) is 15.7. The van der Waals surface area contributed by atoms with Crippen LogP contribution in [0.5, 0.6) is 0 Å². The van der Waals surface area contributed by atoms with Gasteiger partial charge in [0.15, 0.2) is 0 Å². The summed E-state index contributed by atoms with van der Waals surface area (Å²) in [6.45, 7) is 29.5. The van der Waals surface area contributed by atoms with Gasteiger partial charge in [0.2, 0.25) is 0 Å². The molecule has 0 unspecified atom stereocenters. The van der Waals surface area contributed by atoms with Crippen LogP contribution in [0.1, 0.15) is 76.2 Å². The number of hydrogen-bond donors (Lipinski definition) is 2. The standard InChI is InChI=1S/C8H17NO.C7H17NO2S.C7H15NO.C5H13N.C3H8O/c1-7(2)9(3)4-8-5-10-6-8;1-7(2)8(3)5-6-11(4,9)10;1-6(2)8(3)7-4-9-5-7;1-4-6-5(2)3;1-3(2)4/h7-8H,4-6H2,1-3H3;7H,5-6H2,1-4H3;6-7H,4-5H2,1-3H3;5-6H,4H2,1-3H3;3-4H,1-2H3. The van der Waals surface area contributed by atoms with Crippen molar-refractivity contribution in [3.05, 3.63) is 0 Å². The molecule has 0 spiro atoms. The lowest BCUT2D eigenvalue weighted by molar-refractivity contribution is -0.0650. The second kappa shape index (κ2) is 25.2. The van der Waals surface area contributed by atoms with Crippen molar-refractivity contribution in [1.82, 2.24) is 20.0 Å². The molecule has 0 aliphatic carbocycles. The second-order valence-electron chi connectivity index (χ2n) is 12.4. The number of nitrogens with zero attached hydrogens (tertiary/aromatic N) is 3. The molecule has 0 radical (unpaired) electrons. The Balaban J connectivity index is -0.000000444. The van der Waals surface area contributed by atoms with Crippen molar-refractivity contribution >= 4 is 9.84 Å². The Morgan fingerprint density at radius 3 is 1.40 bits per heavy atom. The van der Waals surface area contributed by atoms with Gasteiger partial charge in [0.05, 0.1) is 38.2 Å². The Hall–Kier alpha value is -0.330. The van der Waals surface area contributed by atoms with Crippen molar-refractivity contribution in [2.45, 2.75) is 112 Å². The minimum Gasteiger partial charge on any atom is -0.394 e. The average molecular weight is 599 g/mol. The SMILES string of the molecule is CC(C)N(C)C1COC1.CC(C)N(C)CC1COC1.CC(C)N(C)CCS(C)(=O)=O.CC(C)O.CCNC(C)C. The van der Waals surface area contributed by atoms with Gasteiger partial charge >= 0.3 is 0 Å². The molecule has 0 aromatic carbocycles. The number of ether oxygens (including phenoxy) is 2. The molecule has 2 aliphatic rings. The van der Waals surface area contributed by atoms with Gasteiger partial charge in [-0.25, -0.2) is 8.42 Å². The highest BCUT2D eigenvalue weighted by Gasteiger charge is 2.24. The van der Waals surface area contributed by atoms with Gasteiger partial charge in [0, 0.05) is 55.5 Å². The summed E-state index contributed by atoms with van der Waals surface area (Å²) in [7, 11) is 3.45. The third-order valence-corrected chi connectivity index (χ3v) is 7.38. The minimum atomic E-state index is -2.79. The third kappa shape index (κ3) is 30.6. The van der Waals surface area contributed by atoms with Crippen LogP contribution in [0.2, 0.25) is 0 Å². The van der Waals surface area contributed by atoms with Crippen LogP contribution in [-0.4, -0.2) is 144 Å². The predicted octanol–water partition coefficient (Wildman–Crippen LogP) is 3.46. The maximum absolute atomic E-state index is 10.7. The molecular formula is C30H70N4O5S. The number of aliphatic hydroxyl groups excluding tert-OH is 1. The molecule has 0 aromatic heterocycles. The van der Waals surface area contributed by atoms with E-state index >= 15 is 0 Å². The molecular weight excluding hydrogens is 528 g/mol. The molecule has 9 nitrogen and oxygen atoms in total. The fourth-order valence-corrected chi connectivity index (χ4v) is 3.48. The van der Waals surface area contributed by atoms with E-state index in [9.17, 15) is 8.42 Å². The first-order chi connectivity index (χ1) is 18.2. The fraction of sp³-hybridized carbons (Fsp3) is 1.00. The van der Waals surface area contributed by atoms with E-state index in [1.54, 1.807) is 13.8 Å². The van der Waals surface area contributed by atoms with E-state index in [1.165, 1.54) is 12.8 Å². The van der Waals surface area contributed by atoms with Crippen LogP contribution >= 0.6 is 0 Å². The van der Waals surface area contributed by atoms with E-state index in [2.05, 4.69) is 77.7 Å². The molecule has 0 amide bonds. The summed E-state index contributed by atoms with van der Waals surface area (Å²) in [5.74, 6) is 1.05. The lowest BCUT2D eigenvalue weighted by atomic mass is 10.1. The molecule has 0 atom stereocenters. The van der Waals surface area contributed by atoms with Crippen molar-refractivity contribution in [1.29, 1.82) is 0 Å². The van der Waals surface area contributed by atoms with Crippen molar-refractivity contribution in [3.63, 3.8) is 0 Å². The number of nitrogens with one attached hydrogen (secondary N) is 1. The van der Waals surface area contributed by atoms with E-state index < -0.39 is 9.84 Å². The first kappa shape index (κ1) is 44.1. The van der Waals surface area contributed by atoms with Crippen molar-refractivity contribution in [2.24, 2.45) is 5.92 Å². The zero-order valence-electron chi connectivity index (χ0n) is 29.0. The van der Waals surface area contributed by atoms with Crippen molar-refractivity contribution < 1.29 is 23.0 Å². The molecule has 0 bridgehead atoms. The molecule has 2 aliphatic heterocycles.